The van der Waals surface area contributed by atoms with Gasteiger partial charge in [0.25, 0.3) is 0 Å². The van der Waals surface area contributed by atoms with Crippen LogP contribution in [0.15, 0.2) is 27.6 Å². The van der Waals surface area contributed by atoms with Crippen molar-refractivity contribution in [2.45, 2.75) is 4.90 Å². The fourth-order valence-corrected chi connectivity index (χ4v) is 3.16. The summed E-state index contributed by atoms with van der Waals surface area (Å²) in [4.78, 5) is 0.879. The van der Waals surface area contributed by atoms with Crippen LogP contribution < -0.4 is 0 Å². The first kappa shape index (κ1) is 8.88. The van der Waals surface area contributed by atoms with E-state index in [1.165, 1.54) is 4.70 Å². The van der Waals surface area contributed by atoms with Crippen molar-refractivity contribution < 1.29 is 0 Å². The van der Waals surface area contributed by atoms with Crippen LogP contribution in [0, 0.1) is 0 Å². The molecule has 0 amide bonds. The van der Waals surface area contributed by atoms with E-state index < -0.39 is 0 Å². The number of benzene rings is 1. The molecule has 4 heteroatoms. The van der Waals surface area contributed by atoms with Crippen LogP contribution in [-0.2, 0) is 0 Å². The molecule has 0 fully saturated rings. The predicted octanol–water partition coefficient (Wildman–Crippen LogP) is 4.61. The number of hydrogen-bond acceptors (Lipinski definition) is 2. The molecule has 2 aromatic rings. The van der Waals surface area contributed by atoms with Crippen molar-refractivity contribution in [2.75, 3.05) is 0 Å². The summed E-state index contributed by atoms with van der Waals surface area (Å²) in [6.07, 6.45) is 0. The van der Waals surface area contributed by atoms with Gasteiger partial charge in [0, 0.05) is 19.5 Å². The minimum atomic E-state index is 0.756. The molecule has 0 saturated carbocycles. The molecule has 0 bridgehead atoms. The highest BCUT2D eigenvalue weighted by atomic mass is 79.9. The molecule has 0 atom stereocenters. The largest absolute Gasteiger partial charge is 0.140 e. The van der Waals surface area contributed by atoms with Gasteiger partial charge in [0.15, 0.2) is 0 Å². The van der Waals surface area contributed by atoms with Crippen LogP contribution in [0.4, 0.5) is 0 Å². The normalized spacial score (nSPS) is 10.9. The Morgan fingerprint density at radius 2 is 2.17 bits per heavy atom. The molecule has 0 unspecified atom stereocenters. The Bertz CT molecular complexity index is 436. The lowest BCUT2D eigenvalue weighted by Gasteiger charge is -1.90. The second-order valence-corrected chi connectivity index (χ2v) is 5.38. The van der Waals surface area contributed by atoms with Crippen LogP contribution in [0.1, 0.15) is 0 Å². The predicted molar refractivity (Wildman–Crippen MR) is 61.8 cm³/mol. The first-order chi connectivity index (χ1) is 5.68. The van der Waals surface area contributed by atoms with Gasteiger partial charge in [-0.05, 0) is 12.1 Å². The van der Waals surface area contributed by atoms with E-state index in [0.717, 1.165) is 19.1 Å². The Kier molecular flexibility index (Phi) is 2.38. The zero-order chi connectivity index (χ0) is 8.72. The van der Waals surface area contributed by atoms with Gasteiger partial charge < -0.3 is 0 Å². The van der Waals surface area contributed by atoms with Crippen LogP contribution in [0.25, 0.3) is 10.1 Å². The summed E-state index contributed by atoms with van der Waals surface area (Å²) in [6.45, 7) is 0. The van der Waals surface area contributed by atoms with E-state index in [2.05, 4.69) is 28.6 Å². The standard InChI is InChI=1S/C8H4BrClS2/c9-4-1-2-5-6(3-4)12-8(10)7(5)11/h1-3,11H. The van der Waals surface area contributed by atoms with Crippen molar-refractivity contribution in [3.05, 3.63) is 27.0 Å². The van der Waals surface area contributed by atoms with E-state index in [1.807, 2.05) is 18.2 Å². The third-order valence-electron chi connectivity index (χ3n) is 1.58. The summed E-state index contributed by atoms with van der Waals surface area (Å²) in [5.41, 5.74) is 0. The van der Waals surface area contributed by atoms with Gasteiger partial charge in [0.2, 0.25) is 0 Å². The molecule has 1 heterocycles. The van der Waals surface area contributed by atoms with Crippen LogP contribution in [0.5, 0.6) is 0 Å². The van der Waals surface area contributed by atoms with Crippen molar-refractivity contribution in [3.63, 3.8) is 0 Å². The molecule has 12 heavy (non-hydrogen) atoms. The van der Waals surface area contributed by atoms with E-state index in [1.54, 1.807) is 11.3 Å². The van der Waals surface area contributed by atoms with Crippen LogP contribution in [-0.4, -0.2) is 0 Å². The molecule has 2 rings (SSSR count). The Balaban J connectivity index is 2.87. The molecule has 0 radical (unpaired) electrons. The zero-order valence-corrected chi connectivity index (χ0v) is 9.90. The van der Waals surface area contributed by atoms with Gasteiger partial charge in [0.05, 0.1) is 0 Å². The summed E-state index contributed by atoms with van der Waals surface area (Å²) in [7, 11) is 0. The summed E-state index contributed by atoms with van der Waals surface area (Å²) in [5, 5.41) is 1.12. The topological polar surface area (TPSA) is 0 Å². The molecule has 0 N–H and O–H groups in total. The summed E-state index contributed by atoms with van der Waals surface area (Å²) < 4.78 is 2.99. The average molecular weight is 280 g/mol. The highest BCUT2D eigenvalue weighted by molar-refractivity contribution is 9.10. The highest BCUT2D eigenvalue weighted by Gasteiger charge is 2.06. The van der Waals surface area contributed by atoms with Gasteiger partial charge in [-0.1, -0.05) is 33.6 Å². The van der Waals surface area contributed by atoms with Crippen molar-refractivity contribution in [2.24, 2.45) is 0 Å². The summed E-state index contributed by atoms with van der Waals surface area (Å²) >= 11 is 15.2. The lowest BCUT2D eigenvalue weighted by atomic mass is 10.3. The van der Waals surface area contributed by atoms with Crippen LogP contribution in [0.3, 0.4) is 0 Å². The Hall–Kier alpha value is 0.300. The van der Waals surface area contributed by atoms with E-state index >= 15 is 0 Å². The van der Waals surface area contributed by atoms with Gasteiger partial charge in [-0.2, -0.15) is 0 Å². The number of thiol groups is 1. The second kappa shape index (κ2) is 3.22. The molecule has 1 aromatic heterocycles. The smallest absolute Gasteiger partial charge is 0.107 e. The molecular weight excluding hydrogens is 276 g/mol. The van der Waals surface area contributed by atoms with E-state index in [4.69, 9.17) is 11.6 Å². The van der Waals surface area contributed by atoms with Gasteiger partial charge in [-0.15, -0.1) is 24.0 Å². The van der Waals surface area contributed by atoms with E-state index in [0.29, 0.717) is 0 Å². The van der Waals surface area contributed by atoms with E-state index in [9.17, 15) is 0 Å². The maximum Gasteiger partial charge on any atom is 0.107 e. The second-order valence-electron chi connectivity index (χ2n) is 2.36. The lowest BCUT2D eigenvalue weighted by molar-refractivity contribution is 1.66. The molecule has 0 aliphatic carbocycles. The number of rotatable bonds is 0. The molecule has 1 aromatic carbocycles. The summed E-state index contributed by atoms with van der Waals surface area (Å²) in [5.74, 6) is 0. The number of hydrogen-bond donors (Lipinski definition) is 1. The molecular formula is C8H4BrClS2. The quantitative estimate of drug-likeness (QED) is 0.669. The summed E-state index contributed by atoms with van der Waals surface area (Å²) in [6, 6.07) is 6.06. The first-order valence-corrected chi connectivity index (χ1v) is 5.68. The third kappa shape index (κ3) is 1.39. The minimum absolute atomic E-state index is 0.756. The zero-order valence-electron chi connectivity index (χ0n) is 5.84. The molecule has 0 aliphatic rings. The van der Waals surface area contributed by atoms with Gasteiger partial charge in [0.1, 0.15) is 4.34 Å². The Labute approximate surface area is 93.1 Å². The number of halogens is 2. The number of fused-ring (bicyclic) bond motifs is 1. The van der Waals surface area contributed by atoms with Gasteiger partial charge >= 0.3 is 0 Å². The Morgan fingerprint density at radius 1 is 1.42 bits per heavy atom. The van der Waals surface area contributed by atoms with Gasteiger partial charge in [-0.3, -0.25) is 0 Å². The van der Waals surface area contributed by atoms with E-state index in [-0.39, 0.29) is 0 Å². The van der Waals surface area contributed by atoms with Crippen molar-refractivity contribution in [1.82, 2.24) is 0 Å². The Morgan fingerprint density at radius 3 is 2.92 bits per heavy atom. The molecule has 0 aliphatic heterocycles. The molecule has 0 nitrogen and oxygen atoms in total. The molecule has 0 saturated heterocycles. The fourth-order valence-electron chi connectivity index (χ4n) is 1.03. The average Bonchev–Trinajstić information content (AvgIpc) is 2.28. The van der Waals surface area contributed by atoms with Crippen LogP contribution in [0.2, 0.25) is 4.34 Å². The van der Waals surface area contributed by atoms with Crippen molar-refractivity contribution in [1.29, 1.82) is 0 Å². The van der Waals surface area contributed by atoms with Gasteiger partial charge in [-0.25, -0.2) is 0 Å². The SMILES string of the molecule is Sc1c(Cl)sc2cc(Br)ccc12. The first-order valence-electron chi connectivity index (χ1n) is 3.25. The third-order valence-corrected chi connectivity index (χ3v) is 4.19. The molecule has 62 valence electrons. The highest BCUT2D eigenvalue weighted by Crippen LogP contribution is 2.38. The minimum Gasteiger partial charge on any atom is -0.140 e. The molecule has 0 spiro atoms. The lowest BCUT2D eigenvalue weighted by Crippen LogP contribution is -1.64. The van der Waals surface area contributed by atoms with Crippen molar-refractivity contribution >= 4 is 61.6 Å². The fraction of sp³-hybridized carbons (Fsp3) is 0. The van der Waals surface area contributed by atoms with Crippen LogP contribution >= 0.6 is 51.5 Å². The monoisotopic (exact) mass is 278 g/mol. The number of thiophene rings is 1. The maximum absolute atomic E-state index is 5.93. The maximum atomic E-state index is 5.93. The van der Waals surface area contributed by atoms with Crippen molar-refractivity contribution in [3.8, 4) is 0 Å².